The maximum atomic E-state index is 12.7. The quantitative estimate of drug-likeness (QED) is 0.463. The van der Waals surface area contributed by atoms with Gasteiger partial charge in [0.2, 0.25) is 5.91 Å². The number of hydrogen-bond donors (Lipinski definition) is 1. The molecular formula is C21H15F3N4OS. The van der Waals surface area contributed by atoms with Crippen molar-refractivity contribution < 1.29 is 18.0 Å². The molecule has 0 aliphatic rings. The van der Waals surface area contributed by atoms with E-state index in [0.717, 1.165) is 31.5 Å². The van der Waals surface area contributed by atoms with Gasteiger partial charge in [0.05, 0.1) is 15.9 Å². The number of thiazole rings is 1. The van der Waals surface area contributed by atoms with Crippen LogP contribution in [0.3, 0.4) is 0 Å². The zero-order valence-electron chi connectivity index (χ0n) is 15.4. The van der Waals surface area contributed by atoms with Crippen molar-refractivity contribution in [2.75, 3.05) is 0 Å². The molecule has 0 bridgehead atoms. The number of rotatable bonds is 5. The third-order valence-electron chi connectivity index (χ3n) is 4.23. The Balaban J connectivity index is 1.34. The number of aromatic nitrogens is 3. The molecule has 1 amide bonds. The van der Waals surface area contributed by atoms with E-state index in [1.165, 1.54) is 23.6 Å². The van der Waals surface area contributed by atoms with Crippen LogP contribution in [0.4, 0.5) is 13.2 Å². The van der Waals surface area contributed by atoms with E-state index in [9.17, 15) is 18.0 Å². The normalized spacial score (nSPS) is 12.0. The van der Waals surface area contributed by atoms with Crippen LogP contribution in [0.2, 0.25) is 0 Å². The highest BCUT2D eigenvalue weighted by atomic mass is 32.1. The van der Waals surface area contributed by atoms with E-state index in [4.69, 9.17) is 0 Å². The van der Waals surface area contributed by atoms with Crippen molar-refractivity contribution >= 4 is 33.5 Å². The van der Waals surface area contributed by atoms with E-state index in [-0.39, 0.29) is 12.5 Å². The van der Waals surface area contributed by atoms with Gasteiger partial charge >= 0.3 is 6.18 Å². The summed E-state index contributed by atoms with van der Waals surface area (Å²) in [6, 6.07) is 15.4. The monoisotopic (exact) mass is 428 g/mol. The zero-order valence-corrected chi connectivity index (χ0v) is 16.2. The van der Waals surface area contributed by atoms with Gasteiger partial charge in [-0.05, 0) is 42.0 Å². The van der Waals surface area contributed by atoms with E-state index in [1.807, 2.05) is 24.3 Å². The van der Waals surface area contributed by atoms with Crippen molar-refractivity contribution in [3.63, 3.8) is 0 Å². The van der Waals surface area contributed by atoms with Gasteiger partial charge in [-0.15, -0.1) is 11.3 Å². The van der Waals surface area contributed by atoms with Crippen molar-refractivity contribution in [1.29, 1.82) is 0 Å². The first kappa shape index (κ1) is 19.8. The minimum atomic E-state index is -4.48. The van der Waals surface area contributed by atoms with Crippen LogP contribution < -0.4 is 5.32 Å². The van der Waals surface area contributed by atoms with Crippen molar-refractivity contribution in [3.8, 4) is 5.69 Å². The van der Waals surface area contributed by atoms with E-state index in [1.54, 1.807) is 30.3 Å². The van der Waals surface area contributed by atoms with Gasteiger partial charge < -0.3 is 5.32 Å². The van der Waals surface area contributed by atoms with Gasteiger partial charge in [0.1, 0.15) is 5.01 Å². The highest BCUT2D eigenvalue weighted by Gasteiger charge is 2.33. The lowest BCUT2D eigenvalue weighted by Crippen LogP contribution is -2.20. The first-order valence-electron chi connectivity index (χ1n) is 8.92. The molecule has 1 N–H and O–H groups in total. The van der Waals surface area contributed by atoms with E-state index < -0.39 is 11.9 Å². The minimum absolute atomic E-state index is 0.264. The fourth-order valence-corrected chi connectivity index (χ4v) is 3.61. The van der Waals surface area contributed by atoms with Gasteiger partial charge in [-0.25, -0.2) is 9.67 Å². The van der Waals surface area contributed by atoms with Crippen LogP contribution in [-0.2, 0) is 17.5 Å². The van der Waals surface area contributed by atoms with E-state index in [2.05, 4.69) is 15.4 Å². The van der Waals surface area contributed by atoms with Crippen LogP contribution in [0.15, 0.2) is 66.9 Å². The molecule has 0 saturated heterocycles. The van der Waals surface area contributed by atoms with Gasteiger partial charge in [-0.1, -0.05) is 24.3 Å². The van der Waals surface area contributed by atoms with Crippen molar-refractivity contribution in [1.82, 2.24) is 20.1 Å². The summed E-state index contributed by atoms with van der Waals surface area (Å²) >= 11 is 1.50. The van der Waals surface area contributed by atoms with Gasteiger partial charge in [-0.2, -0.15) is 18.3 Å². The molecule has 0 atom stereocenters. The minimum Gasteiger partial charge on any atom is -0.348 e. The Kier molecular flexibility index (Phi) is 5.37. The average molecular weight is 428 g/mol. The standard InChI is InChI=1S/C21H15F3N4OS/c22-21(23,24)18-11-12-28(27-18)15-7-5-14(6-8-15)13-25-19(29)9-10-20-26-16-3-1-2-4-17(16)30-20/h1-12H,13H2,(H,25,29)/b10-9+. The van der Waals surface area contributed by atoms with Gasteiger partial charge in [0, 0.05) is 18.8 Å². The van der Waals surface area contributed by atoms with Crippen LogP contribution in [0.1, 0.15) is 16.3 Å². The summed E-state index contributed by atoms with van der Waals surface area (Å²) in [5.41, 5.74) is 1.25. The lowest BCUT2D eigenvalue weighted by molar-refractivity contribution is -0.141. The lowest BCUT2D eigenvalue weighted by atomic mass is 10.2. The molecule has 9 heteroatoms. The number of carbonyl (C=O) groups excluding carboxylic acids is 1. The summed E-state index contributed by atoms with van der Waals surface area (Å²) < 4.78 is 40.2. The van der Waals surface area contributed by atoms with Crippen molar-refractivity contribution in [2.24, 2.45) is 0 Å². The maximum Gasteiger partial charge on any atom is 0.435 e. The molecule has 0 radical (unpaired) electrons. The third kappa shape index (κ3) is 4.57. The van der Waals surface area contributed by atoms with Crippen molar-refractivity contribution in [2.45, 2.75) is 12.7 Å². The smallest absolute Gasteiger partial charge is 0.348 e. The molecule has 4 aromatic rings. The summed E-state index contributed by atoms with van der Waals surface area (Å²) in [6.07, 6.45) is -0.131. The summed E-state index contributed by atoms with van der Waals surface area (Å²) in [4.78, 5) is 16.5. The van der Waals surface area contributed by atoms with Crippen LogP contribution in [0, 0.1) is 0 Å². The summed E-state index contributed by atoms with van der Waals surface area (Å²) in [5, 5.41) is 7.04. The highest BCUT2D eigenvalue weighted by Crippen LogP contribution is 2.28. The van der Waals surface area contributed by atoms with Crippen LogP contribution >= 0.6 is 11.3 Å². The second-order valence-electron chi connectivity index (χ2n) is 6.38. The number of amides is 1. The van der Waals surface area contributed by atoms with Crippen LogP contribution in [0.5, 0.6) is 0 Å². The molecule has 0 spiro atoms. The number of carbonyl (C=O) groups is 1. The third-order valence-corrected chi connectivity index (χ3v) is 5.24. The van der Waals surface area contributed by atoms with Crippen LogP contribution in [0.25, 0.3) is 22.0 Å². The molecule has 0 saturated carbocycles. The van der Waals surface area contributed by atoms with Crippen LogP contribution in [-0.4, -0.2) is 20.7 Å². The molecule has 0 aliphatic carbocycles. The predicted octanol–water partition coefficient (Wildman–Crippen LogP) is 4.83. The Morgan fingerprint density at radius 2 is 1.87 bits per heavy atom. The Labute approximate surface area is 173 Å². The number of benzene rings is 2. The number of nitrogens with one attached hydrogen (secondary N) is 1. The maximum absolute atomic E-state index is 12.7. The Hall–Kier alpha value is -3.46. The average Bonchev–Trinajstić information content (AvgIpc) is 3.38. The van der Waals surface area contributed by atoms with E-state index in [0.29, 0.717) is 5.69 Å². The van der Waals surface area contributed by atoms with E-state index >= 15 is 0 Å². The molecule has 5 nitrogen and oxygen atoms in total. The second-order valence-corrected chi connectivity index (χ2v) is 7.44. The molecule has 0 aliphatic heterocycles. The fourth-order valence-electron chi connectivity index (χ4n) is 2.74. The molecule has 2 aromatic heterocycles. The highest BCUT2D eigenvalue weighted by molar-refractivity contribution is 7.19. The number of alkyl halides is 3. The van der Waals surface area contributed by atoms with Crippen molar-refractivity contribution in [3.05, 3.63) is 83.1 Å². The van der Waals surface area contributed by atoms with Gasteiger partial charge in [-0.3, -0.25) is 4.79 Å². The Morgan fingerprint density at radius 1 is 1.10 bits per heavy atom. The first-order valence-corrected chi connectivity index (χ1v) is 9.74. The first-order chi connectivity index (χ1) is 14.4. The fraction of sp³-hybridized carbons (Fsp3) is 0.0952. The Bertz CT molecular complexity index is 1180. The molecule has 0 fully saturated rings. The number of halogens is 3. The van der Waals surface area contributed by atoms with Gasteiger partial charge in [0.25, 0.3) is 0 Å². The molecule has 152 valence electrons. The molecule has 4 rings (SSSR count). The zero-order chi connectivity index (χ0) is 21.1. The predicted molar refractivity (Wildman–Crippen MR) is 109 cm³/mol. The molecule has 0 unspecified atom stereocenters. The lowest BCUT2D eigenvalue weighted by Gasteiger charge is -2.06. The SMILES string of the molecule is O=C(/C=C/c1nc2ccccc2s1)NCc1ccc(-n2ccc(C(F)(F)F)n2)cc1. The molecule has 2 heterocycles. The number of hydrogen-bond acceptors (Lipinski definition) is 4. The second kappa shape index (κ2) is 8.11. The number of fused-ring (bicyclic) bond motifs is 1. The summed E-state index contributed by atoms with van der Waals surface area (Å²) in [7, 11) is 0. The molecule has 2 aromatic carbocycles. The molecular weight excluding hydrogens is 413 g/mol. The topological polar surface area (TPSA) is 59.8 Å². The Morgan fingerprint density at radius 3 is 2.57 bits per heavy atom. The molecule has 30 heavy (non-hydrogen) atoms. The largest absolute Gasteiger partial charge is 0.435 e. The number of para-hydroxylation sites is 1. The summed E-state index contributed by atoms with van der Waals surface area (Å²) in [5.74, 6) is -0.264. The number of nitrogens with zero attached hydrogens (tertiary/aromatic N) is 3. The van der Waals surface area contributed by atoms with Gasteiger partial charge in [0.15, 0.2) is 5.69 Å². The summed E-state index contributed by atoms with van der Waals surface area (Å²) in [6.45, 7) is 0.288.